The average Bonchev–Trinajstić information content (AvgIpc) is 2.64. The molecule has 0 heterocycles. The van der Waals surface area contributed by atoms with Gasteiger partial charge in [0.25, 0.3) is 10.0 Å². The lowest BCUT2D eigenvalue weighted by Gasteiger charge is -2.14. The van der Waals surface area contributed by atoms with Gasteiger partial charge in [-0.1, -0.05) is 48.5 Å². The number of hydrogen-bond donors (Lipinski definition) is 3. The van der Waals surface area contributed by atoms with E-state index in [9.17, 15) is 18.3 Å². The van der Waals surface area contributed by atoms with Gasteiger partial charge >= 0.3 is 5.97 Å². The summed E-state index contributed by atoms with van der Waals surface area (Å²) in [5.74, 6) is -1.80. The molecule has 0 aliphatic heterocycles. The minimum Gasteiger partial charge on any atom is -0.507 e. The van der Waals surface area contributed by atoms with Crippen LogP contribution in [0, 0.1) is 0 Å². The highest BCUT2D eigenvalue weighted by molar-refractivity contribution is 7.92. The summed E-state index contributed by atoms with van der Waals surface area (Å²) in [5.41, 5.74) is 1.90. The summed E-state index contributed by atoms with van der Waals surface area (Å²) < 4.78 is 27.9. The van der Waals surface area contributed by atoms with E-state index < -0.39 is 26.6 Å². The van der Waals surface area contributed by atoms with Gasteiger partial charge in [-0.25, -0.2) is 13.2 Å². The Morgan fingerprint density at radius 2 is 1.59 bits per heavy atom. The van der Waals surface area contributed by atoms with E-state index in [0.717, 1.165) is 29.3 Å². The van der Waals surface area contributed by atoms with Crippen molar-refractivity contribution in [2.45, 2.75) is 11.3 Å². The van der Waals surface area contributed by atoms with Crippen LogP contribution in [0.3, 0.4) is 0 Å². The van der Waals surface area contributed by atoms with Crippen molar-refractivity contribution in [2.24, 2.45) is 0 Å². The highest BCUT2D eigenvalue weighted by Gasteiger charge is 2.22. The molecule has 3 rings (SSSR count). The van der Waals surface area contributed by atoms with Crippen LogP contribution in [0.1, 0.15) is 21.5 Å². The number of anilines is 1. The molecule has 0 atom stereocenters. The number of hydrogen-bond acceptors (Lipinski definition) is 4. The predicted octanol–water partition coefficient (Wildman–Crippen LogP) is 3.48. The summed E-state index contributed by atoms with van der Waals surface area (Å²) in [4.78, 5) is 10.6. The quantitative estimate of drug-likeness (QED) is 0.605. The van der Waals surface area contributed by atoms with Gasteiger partial charge in [0.2, 0.25) is 0 Å². The molecule has 0 aliphatic carbocycles. The monoisotopic (exact) mass is 383 g/mol. The Morgan fingerprint density at radius 1 is 0.926 bits per heavy atom. The van der Waals surface area contributed by atoms with Crippen LogP contribution in [0.2, 0.25) is 0 Å². The molecule has 0 unspecified atom stereocenters. The van der Waals surface area contributed by atoms with Crippen molar-refractivity contribution in [2.75, 3.05) is 4.72 Å². The largest absolute Gasteiger partial charge is 0.507 e. The van der Waals surface area contributed by atoms with Crippen molar-refractivity contribution in [3.8, 4) is 5.75 Å². The van der Waals surface area contributed by atoms with Crippen molar-refractivity contribution >= 4 is 21.7 Å². The van der Waals surface area contributed by atoms with E-state index in [1.54, 1.807) is 24.3 Å². The molecule has 3 aromatic rings. The van der Waals surface area contributed by atoms with Gasteiger partial charge in [0.05, 0.1) is 11.3 Å². The zero-order chi connectivity index (χ0) is 19.4. The first-order chi connectivity index (χ1) is 12.9. The smallest absolute Gasteiger partial charge is 0.335 e. The first-order valence-corrected chi connectivity index (χ1v) is 9.56. The molecule has 27 heavy (non-hydrogen) atoms. The number of aromatic carboxylic acids is 1. The number of nitrogens with one attached hydrogen (secondary N) is 1. The normalized spacial score (nSPS) is 11.1. The lowest BCUT2D eigenvalue weighted by molar-refractivity contribution is 0.0696. The van der Waals surface area contributed by atoms with Gasteiger partial charge in [-0.3, -0.25) is 4.72 Å². The Kier molecular flexibility index (Phi) is 5.14. The minimum atomic E-state index is -4.18. The molecule has 0 saturated carbocycles. The van der Waals surface area contributed by atoms with Crippen LogP contribution in [0.5, 0.6) is 5.75 Å². The standard InChI is InChI=1S/C20H17NO5S/c22-18-11-10-16(20(23)24)13-19(18)27(25,26)21-17-9-5-4-8-15(17)12-14-6-2-1-3-7-14/h1-11,13,21-22H,12H2,(H,23,24). The molecule has 0 spiro atoms. The first-order valence-electron chi connectivity index (χ1n) is 8.08. The molecule has 7 heteroatoms. The average molecular weight is 383 g/mol. The molecule has 138 valence electrons. The minimum absolute atomic E-state index is 0.231. The third-order valence-electron chi connectivity index (χ3n) is 4.00. The Bertz CT molecular complexity index is 1080. The van der Waals surface area contributed by atoms with Gasteiger partial charge in [-0.15, -0.1) is 0 Å². The fourth-order valence-electron chi connectivity index (χ4n) is 2.65. The molecule has 3 aromatic carbocycles. The number of sulfonamides is 1. The Balaban J connectivity index is 1.96. The number of phenolic OH excluding ortho intramolecular Hbond substituents is 1. The lowest BCUT2D eigenvalue weighted by atomic mass is 10.0. The number of carboxylic acids is 1. The molecule has 6 nitrogen and oxygen atoms in total. The van der Waals surface area contributed by atoms with Gasteiger partial charge in [0.15, 0.2) is 0 Å². The number of aromatic hydroxyl groups is 1. The number of carbonyl (C=O) groups is 1. The molecular formula is C20H17NO5S. The van der Waals surface area contributed by atoms with E-state index in [2.05, 4.69) is 4.72 Å². The van der Waals surface area contributed by atoms with Crippen molar-refractivity contribution < 1.29 is 23.4 Å². The zero-order valence-corrected chi connectivity index (χ0v) is 15.0. The molecule has 0 amide bonds. The van der Waals surface area contributed by atoms with Gasteiger partial charge in [0.1, 0.15) is 10.6 Å². The fraction of sp³-hybridized carbons (Fsp3) is 0.0500. The van der Waals surface area contributed by atoms with Gasteiger partial charge in [-0.05, 0) is 41.8 Å². The maximum absolute atomic E-state index is 12.7. The predicted molar refractivity (Wildman–Crippen MR) is 102 cm³/mol. The number of phenols is 1. The molecule has 0 radical (unpaired) electrons. The van der Waals surface area contributed by atoms with Crippen LogP contribution in [0.15, 0.2) is 77.7 Å². The summed E-state index contributed by atoms with van der Waals surface area (Å²) in [6.45, 7) is 0. The van der Waals surface area contributed by atoms with Gasteiger partial charge in [0, 0.05) is 0 Å². The highest BCUT2D eigenvalue weighted by atomic mass is 32.2. The number of carboxylic acid groups (broad SMARTS) is 1. The molecule has 0 fully saturated rings. The van der Waals surface area contributed by atoms with Crippen LogP contribution in [-0.4, -0.2) is 24.6 Å². The van der Waals surface area contributed by atoms with Crippen molar-refractivity contribution in [1.82, 2.24) is 0 Å². The molecule has 0 saturated heterocycles. The first kappa shape index (κ1) is 18.5. The maximum Gasteiger partial charge on any atom is 0.335 e. The van der Waals surface area contributed by atoms with E-state index >= 15 is 0 Å². The summed E-state index contributed by atoms with van der Waals surface area (Å²) in [7, 11) is -4.18. The summed E-state index contributed by atoms with van der Waals surface area (Å²) >= 11 is 0. The van der Waals surface area contributed by atoms with Crippen molar-refractivity contribution in [3.05, 3.63) is 89.5 Å². The number of rotatable bonds is 6. The van der Waals surface area contributed by atoms with E-state index in [1.165, 1.54) is 0 Å². The molecule has 0 aromatic heterocycles. The van der Waals surface area contributed by atoms with E-state index in [1.807, 2.05) is 30.3 Å². The molecular weight excluding hydrogens is 366 g/mol. The summed E-state index contributed by atoms with van der Waals surface area (Å²) in [6, 6.07) is 19.6. The number of benzene rings is 3. The Morgan fingerprint density at radius 3 is 2.30 bits per heavy atom. The zero-order valence-electron chi connectivity index (χ0n) is 14.2. The van der Waals surface area contributed by atoms with Crippen LogP contribution in [0.4, 0.5) is 5.69 Å². The maximum atomic E-state index is 12.7. The van der Waals surface area contributed by atoms with Crippen molar-refractivity contribution in [3.63, 3.8) is 0 Å². The number of para-hydroxylation sites is 1. The van der Waals surface area contributed by atoms with Crippen LogP contribution < -0.4 is 4.72 Å². The topological polar surface area (TPSA) is 104 Å². The van der Waals surface area contributed by atoms with Gasteiger partial charge in [-0.2, -0.15) is 0 Å². The van der Waals surface area contributed by atoms with Crippen LogP contribution >= 0.6 is 0 Å². The van der Waals surface area contributed by atoms with Crippen LogP contribution in [0.25, 0.3) is 0 Å². The second-order valence-corrected chi connectivity index (χ2v) is 7.56. The second-order valence-electron chi connectivity index (χ2n) is 5.91. The van der Waals surface area contributed by atoms with E-state index in [4.69, 9.17) is 5.11 Å². The van der Waals surface area contributed by atoms with Crippen LogP contribution in [-0.2, 0) is 16.4 Å². The Labute approximate surface area is 156 Å². The Hall–Kier alpha value is -3.32. The second kappa shape index (κ2) is 7.51. The van der Waals surface area contributed by atoms with E-state index in [-0.39, 0.29) is 5.56 Å². The molecule has 0 bridgehead atoms. The third-order valence-corrected chi connectivity index (χ3v) is 5.39. The van der Waals surface area contributed by atoms with Crippen molar-refractivity contribution in [1.29, 1.82) is 0 Å². The SMILES string of the molecule is O=C(O)c1ccc(O)c(S(=O)(=O)Nc2ccccc2Cc2ccccc2)c1. The summed E-state index contributed by atoms with van der Waals surface area (Å²) in [5, 5.41) is 19.0. The highest BCUT2D eigenvalue weighted by Crippen LogP contribution is 2.28. The third kappa shape index (κ3) is 4.27. The van der Waals surface area contributed by atoms with E-state index in [0.29, 0.717) is 12.1 Å². The molecule has 0 aliphatic rings. The molecule has 3 N–H and O–H groups in total. The fourth-order valence-corrected chi connectivity index (χ4v) is 3.88. The summed E-state index contributed by atoms with van der Waals surface area (Å²) in [6.07, 6.45) is 0.515. The lowest BCUT2D eigenvalue weighted by Crippen LogP contribution is -2.15. The van der Waals surface area contributed by atoms with Gasteiger partial charge < -0.3 is 10.2 Å².